The summed E-state index contributed by atoms with van der Waals surface area (Å²) in [6, 6.07) is 17.0. The first-order valence-electron chi connectivity index (χ1n) is 8.96. The van der Waals surface area contributed by atoms with E-state index in [4.69, 9.17) is 0 Å². The highest BCUT2D eigenvalue weighted by molar-refractivity contribution is 6.08. The lowest BCUT2D eigenvalue weighted by molar-refractivity contribution is -0.276. The van der Waals surface area contributed by atoms with Crippen LogP contribution in [0.4, 0.5) is 22.0 Å². The zero-order valence-electron chi connectivity index (χ0n) is 15.3. The molecule has 4 aromatic rings. The summed E-state index contributed by atoms with van der Waals surface area (Å²) in [6.45, 7) is 2.08. The van der Waals surface area contributed by atoms with Crippen molar-refractivity contribution in [1.29, 1.82) is 0 Å². The zero-order valence-corrected chi connectivity index (χ0v) is 15.3. The Morgan fingerprint density at radius 2 is 1.31 bits per heavy atom. The summed E-state index contributed by atoms with van der Waals surface area (Å²) in [5.41, 5.74) is 1.83. The first kappa shape index (κ1) is 19.2. The number of hydrogen-bond acceptors (Lipinski definition) is 1. The normalized spacial score (nSPS) is 11.9. The fourth-order valence-corrected chi connectivity index (χ4v) is 3.46. The fourth-order valence-electron chi connectivity index (χ4n) is 3.46. The van der Waals surface area contributed by atoms with Gasteiger partial charge in [0.1, 0.15) is 0 Å². The third kappa shape index (κ3) is 3.75. The van der Waals surface area contributed by atoms with Crippen molar-refractivity contribution >= 4 is 21.5 Å². The molecule has 0 atom stereocenters. The van der Waals surface area contributed by atoms with Crippen LogP contribution in [0.3, 0.4) is 0 Å². The molecule has 0 saturated heterocycles. The van der Waals surface area contributed by atoms with E-state index in [-0.39, 0.29) is 5.56 Å². The molecule has 0 unspecified atom stereocenters. The van der Waals surface area contributed by atoms with Crippen molar-refractivity contribution in [3.05, 3.63) is 77.9 Å². The van der Waals surface area contributed by atoms with Gasteiger partial charge in [0.25, 0.3) is 0 Å². The zero-order chi connectivity index (χ0) is 20.8. The number of benzene rings is 4. The van der Waals surface area contributed by atoms with Gasteiger partial charge in [0, 0.05) is 0 Å². The molecule has 0 aliphatic heterocycles. The minimum absolute atomic E-state index is 0.123. The maximum absolute atomic E-state index is 14.1. The highest BCUT2D eigenvalue weighted by Gasteiger charge is 2.34. The second-order valence-corrected chi connectivity index (χ2v) is 6.73. The molecule has 0 N–H and O–H groups in total. The SMILES string of the molecule is CCc1ccc2c(ccc3cc(-c4cc(F)c(OC(F)(F)F)c(F)c4)ccc32)c1. The molecule has 0 radical (unpaired) electrons. The van der Waals surface area contributed by atoms with Gasteiger partial charge >= 0.3 is 6.36 Å². The lowest BCUT2D eigenvalue weighted by Crippen LogP contribution is -2.19. The van der Waals surface area contributed by atoms with Crippen LogP contribution in [-0.4, -0.2) is 6.36 Å². The molecule has 4 rings (SSSR count). The van der Waals surface area contributed by atoms with E-state index in [1.54, 1.807) is 12.1 Å². The van der Waals surface area contributed by atoms with Gasteiger partial charge in [-0.15, -0.1) is 13.2 Å². The minimum atomic E-state index is -5.18. The highest BCUT2D eigenvalue weighted by atomic mass is 19.4. The van der Waals surface area contributed by atoms with E-state index < -0.39 is 23.7 Å². The second-order valence-electron chi connectivity index (χ2n) is 6.73. The van der Waals surface area contributed by atoms with Crippen LogP contribution in [0.2, 0.25) is 0 Å². The number of hydrogen-bond donors (Lipinski definition) is 0. The third-order valence-electron chi connectivity index (χ3n) is 4.86. The van der Waals surface area contributed by atoms with Crippen molar-refractivity contribution in [1.82, 2.24) is 0 Å². The van der Waals surface area contributed by atoms with Gasteiger partial charge in [-0.05, 0) is 62.9 Å². The summed E-state index contributed by atoms with van der Waals surface area (Å²) >= 11 is 0. The summed E-state index contributed by atoms with van der Waals surface area (Å²) in [6.07, 6.45) is -4.25. The predicted octanol–water partition coefficient (Wildman–Crippen LogP) is 7.40. The van der Waals surface area contributed by atoms with E-state index in [2.05, 4.69) is 23.8 Å². The smallest absolute Gasteiger partial charge is 0.399 e. The van der Waals surface area contributed by atoms with Gasteiger partial charge in [0.2, 0.25) is 5.75 Å². The summed E-state index contributed by atoms with van der Waals surface area (Å²) in [5.74, 6) is -4.29. The molecular formula is C23H15F5O. The Morgan fingerprint density at radius 3 is 1.90 bits per heavy atom. The molecule has 0 spiro atoms. The molecule has 0 saturated carbocycles. The van der Waals surface area contributed by atoms with Crippen LogP contribution in [0.1, 0.15) is 12.5 Å². The molecular weight excluding hydrogens is 387 g/mol. The number of rotatable bonds is 3. The average molecular weight is 402 g/mol. The predicted molar refractivity (Wildman–Crippen MR) is 103 cm³/mol. The molecule has 4 aromatic carbocycles. The van der Waals surface area contributed by atoms with E-state index in [0.29, 0.717) is 5.56 Å². The first-order valence-corrected chi connectivity index (χ1v) is 8.96. The van der Waals surface area contributed by atoms with Crippen molar-refractivity contribution in [2.45, 2.75) is 19.7 Å². The van der Waals surface area contributed by atoms with Crippen LogP contribution in [0.25, 0.3) is 32.7 Å². The molecule has 6 heteroatoms. The monoisotopic (exact) mass is 402 g/mol. The summed E-state index contributed by atoms with van der Waals surface area (Å²) in [4.78, 5) is 0. The summed E-state index contributed by atoms with van der Waals surface area (Å²) in [5, 5.41) is 3.98. The van der Waals surface area contributed by atoms with E-state index in [1.165, 1.54) is 5.56 Å². The van der Waals surface area contributed by atoms with Gasteiger partial charge in [-0.2, -0.15) is 0 Å². The number of fused-ring (bicyclic) bond motifs is 3. The topological polar surface area (TPSA) is 9.23 Å². The molecule has 0 amide bonds. The standard InChI is InChI=1S/C23H15F5O/c1-2-13-3-7-18-15(9-13)4-5-16-10-14(6-8-19(16)18)17-11-20(24)22(21(25)12-17)29-23(26,27)28/h3-12H,2H2,1H3. The Hall–Kier alpha value is -3.15. The van der Waals surface area contributed by atoms with Crippen molar-refractivity contribution in [2.24, 2.45) is 0 Å². The van der Waals surface area contributed by atoms with Crippen LogP contribution >= 0.6 is 0 Å². The Labute approximate surface area is 163 Å². The van der Waals surface area contributed by atoms with Gasteiger partial charge < -0.3 is 4.74 Å². The average Bonchev–Trinajstić information content (AvgIpc) is 2.68. The van der Waals surface area contributed by atoms with E-state index in [0.717, 1.165) is 40.1 Å². The molecule has 0 aliphatic carbocycles. The Morgan fingerprint density at radius 1 is 0.724 bits per heavy atom. The number of ether oxygens (including phenoxy) is 1. The Bertz CT molecular complexity index is 1200. The lowest BCUT2D eigenvalue weighted by Gasteiger charge is -2.12. The summed E-state index contributed by atoms with van der Waals surface area (Å²) < 4.78 is 68.5. The lowest BCUT2D eigenvalue weighted by atomic mass is 9.96. The molecule has 1 nitrogen and oxygen atoms in total. The van der Waals surface area contributed by atoms with Gasteiger partial charge in [-0.3, -0.25) is 0 Å². The number of halogens is 5. The Kier molecular flexibility index (Phi) is 4.65. The van der Waals surface area contributed by atoms with Crippen LogP contribution in [0, 0.1) is 11.6 Å². The fraction of sp³-hybridized carbons (Fsp3) is 0.130. The molecule has 0 heterocycles. The van der Waals surface area contributed by atoms with Gasteiger partial charge in [-0.1, -0.05) is 49.4 Å². The maximum atomic E-state index is 14.1. The van der Waals surface area contributed by atoms with Crippen LogP contribution in [-0.2, 0) is 6.42 Å². The van der Waals surface area contributed by atoms with Crippen molar-refractivity contribution in [3.63, 3.8) is 0 Å². The molecule has 0 aromatic heterocycles. The van der Waals surface area contributed by atoms with Crippen molar-refractivity contribution in [2.75, 3.05) is 0 Å². The van der Waals surface area contributed by atoms with Crippen molar-refractivity contribution < 1.29 is 26.7 Å². The van der Waals surface area contributed by atoms with Crippen LogP contribution in [0.15, 0.2) is 60.7 Å². The highest BCUT2D eigenvalue weighted by Crippen LogP contribution is 2.35. The maximum Gasteiger partial charge on any atom is 0.573 e. The molecule has 0 bridgehead atoms. The number of aryl methyl sites for hydroxylation is 1. The van der Waals surface area contributed by atoms with E-state index in [1.807, 2.05) is 24.3 Å². The van der Waals surface area contributed by atoms with Gasteiger partial charge in [0.05, 0.1) is 0 Å². The second kappa shape index (κ2) is 7.03. The van der Waals surface area contributed by atoms with Gasteiger partial charge in [-0.25, -0.2) is 8.78 Å². The molecule has 0 aliphatic rings. The largest absolute Gasteiger partial charge is 0.573 e. The third-order valence-corrected chi connectivity index (χ3v) is 4.86. The van der Waals surface area contributed by atoms with Crippen LogP contribution < -0.4 is 4.74 Å². The van der Waals surface area contributed by atoms with E-state index in [9.17, 15) is 22.0 Å². The van der Waals surface area contributed by atoms with E-state index >= 15 is 0 Å². The summed E-state index contributed by atoms with van der Waals surface area (Å²) in [7, 11) is 0. The Balaban J connectivity index is 1.79. The van der Waals surface area contributed by atoms with Crippen molar-refractivity contribution in [3.8, 4) is 16.9 Å². The first-order chi connectivity index (χ1) is 13.7. The molecule has 29 heavy (non-hydrogen) atoms. The molecule has 0 fully saturated rings. The van der Waals surface area contributed by atoms with Crippen LogP contribution in [0.5, 0.6) is 5.75 Å². The quantitative estimate of drug-likeness (QED) is 0.256. The number of alkyl halides is 3. The minimum Gasteiger partial charge on any atom is -0.399 e. The van der Waals surface area contributed by atoms with Gasteiger partial charge in [0.15, 0.2) is 11.6 Å². The molecule has 148 valence electrons.